The van der Waals surface area contributed by atoms with Crippen LogP contribution >= 0.6 is 0 Å². The van der Waals surface area contributed by atoms with Crippen molar-refractivity contribution in [2.24, 2.45) is 5.92 Å². The van der Waals surface area contributed by atoms with Gasteiger partial charge >= 0.3 is 0 Å². The van der Waals surface area contributed by atoms with Crippen molar-refractivity contribution in [1.29, 1.82) is 0 Å². The molecule has 1 amide bonds. The first-order chi connectivity index (χ1) is 19.7. The number of amides is 1. The highest BCUT2D eigenvalue weighted by molar-refractivity contribution is 5.87. The Hall–Kier alpha value is -4.09. The second kappa shape index (κ2) is 12.0. The van der Waals surface area contributed by atoms with E-state index in [1.165, 1.54) is 5.56 Å². The molecule has 40 heavy (non-hydrogen) atoms. The lowest BCUT2D eigenvalue weighted by Crippen LogP contribution is -2.36. The van der Waals surface area contributed by atoms with E-state index in [2.05, 4.69) is 43.3 Å². The number of rotatable bonds is 7. The number of nitrogens with zero attached hydrogens (tertiary/aromatic N) is 1. The zero-order valence-corrected chi connectivity index (χ0v) is 22.9. The van der Waals surface area contributed by atoms with Crippen molar-refractivity contribution < 1.29 is 19.0 Å². The van der Waals surface area contributed by atoms with Gasteiger partial charge in [-0.05, 0) is 53.3 Å². The first kappa shape index (κ1) is 26.1. The van der Waals surface area contributed by atoms with Crippen molar-refractivity contribution in [3.05, 3.63) is 119 Å². The monoisotopic (exact) mass is 533 g/mol. The van der Waals surface area contributed by atoms with Gasteiger partial charge in [-0.2, -0.15) is 0 Å². The summed E-state index contributed by atoms with van der Waals surface area (Å²) in [6.45, 7) is 5.57. The second-order valence-corrected chi connectivity index (χ2v) is 10.7. The maximum Gasteiger partial charge on any atom is 0.234 e. The van der Waals surface area contributed by atoms with Crippen LogP contribution in [0.1, 0.15) is 34.6 Å². The average Bonchev–Trinajstić information content (AvgIpc) is 3.42. The van der Waals surface area contributed by atoms with Gasteiger partial charge in [0.15, 0.2) is 11.5 Å². The SMILES string of the molecule is Cc1ccccc1-c1cc2c(c(OC[C@@H]3CCOC3)c1)OCCN(C(=O)C(c1ccccc1)c1ccccc1)C2. The third-order valence-electron chi connectivity index (χ3n) is 7.88. The molecule has 0 aliphatic carbocycles. The number of hydrogen-bond acceptors (Lipinski definition) is 4. The number of aryl methyl sites for hydroxylation is 1. The highest BCUT2D eigenvalue weighted by Crippen LogP contribution is 2.40. The number of fused-ring (bicyclic) bond motifs is 1. The predicted octanol–water partition coefficient (Wildman–Crippen LogP) is 6.63. The Kier molecular flexibility index (Phi) is 7.83. The fourth-order valence-electron chi connectivity index (χ4n) is 5.70. The third-order valence-corrected chi connectivity index (χ3v) is 7.88. The van der Waals surface area contributed by atoms with E-state index in [0.717, 1.165) is 59.0 Å². The van der Waals surface area contributed by atoms with Crippen LogP contribution in [-0.2, 0) is 16.1 Å². The lowest BCUT2D eigenvalue weighted by molar-refractivity contribution is -0.132. The van der Waals surface area contributed by atoms with Crippen LogP contribution in [0.4, 0.5) is 0 Å². The summed E-state index contributed by atoms with van der Waals surface area (Å²) < 4.78 is 18.3. The molecule has 1 fully saturated rings. The molecule has 4 aromatic carbocycles. The molecule has 1 saturated heterocycles. The van der Waals surface area contributed by atoms with E-state index >= 15 is 0 Å². The van der Waals surface area contributed by atoms with E-state index < -0.39 is 0 Å². The second-order valence-electron chi connectivity index (χ2n) is 10.7. The van der Waals surface area contributed by atoms with Crippen LogP contribution in [-0.4, -0.2) is 43.8 Å². The number of ether oxygens (including phenoxy) is 3. The molecule has 2 aliphatic heterocycles. The van der Waals surface area contributed by atoms with Gasteiger partial charge in [0.25, 0.3) is 0 Å². The van der Waals surface area contributed by atoms with Gasteiger partial charge in [-0.3, -0.25) is 4.79 Å². The van der Waals surface area contributed by atoms with Crippen molar-refractivity contribution in [3.63, 3.8) is 0 Å². The van der Waals surface area contributed by atoms with Gasteiger partial charge < -0.3 is 19.1 Å². The molecule has 5 heteroatoms. The molecule has 0 unspecified atom stereocenters. The van der Waals surface area contributed by atoms with Gasteiger partial charge in [-0.1, -0.05) is 84.9 Å². The summed E-state index contributed by atoms with van der Waals surface area (Å²) in [7, 11) is 0. The number of benzene rings is 4. The minimum absolute atomic E-state index is 0.0701. The van der Waals surface area contributed by atoms with Crippen LogP contribution in [0.2, 0.25) is 0 Å². The molecule has 1 atom stereocenters. The molecule has 0 saturated carbocycles. The first-order valence-corrected chi connectivity index (χ1v) is 14.1. The van der Waals surface area contributed by atoms with Gasteiger partial charge in [0.05, 0.1) is 25.7 Å². The molecule has 5 nitrogen and oxygen atoms in total. The maximum atomic E-state index is 14.3. The Morgan fingerprint density at radius 1 is 0.925 bits per heavy atom. The number of carbonyl (C=O) groups is 1. The van der Waals surface area contributed by atoms with Crippen molar-refractivity contribution in [3.8, 4) is 22.6 Å². The average molecular weight is 534 g/mol. The van der Waals surface area contributed by atoms with Crippen molar-refractivity contribution in [2.45, 2.75) is 25.8 Å². The van der Waals surface area contributed by atoms with Crippen LogP contribution in [0.5, 0.6) is 11.5 Å². The summed E-state index contributed by atoms with van der Waals surface area (Å²) in [6.07, 6.45) is 1.00. The Morgan fingerprint density at radius 2 is 1.62 bits per heavy atom. The molecule has 0 spiro atoms. The van der Waals surface area contributed by atoms with Crippen molar-refractivity contribution >= 4 is 5.91 Å². The van der Waals surface area contributed by atoms with Crippen LogP contribution in [0.25, 0.3) is 11.1 Å². The Labute approximate surface area is 236 Å². The van der Waals surface area contributed by atoms with Crippen molar-refractivity contribution in [1.82, 2.24) is 4.90 Å². The Morgan fingerprint density at radius 3 is 2.30 bits per heavy atom. The van der Waals surface area contributed by atoms with E-state index in [4.69, 9.17) is 14.2 Å². The van der Waals surface area contributed by atoms with Gasteiger partial charge in [-0.25, -0.2) is 0 Å². The van der Waals surface area contributed by atoms with E-state index in [0.29, 0.717) is 32.2 Å². The zero-order valence-electron chi connectivity index (χ0n) is 22.9. The zero-order chi connectivity index (χ0) is 27.3. The van der Waals surface area contributed by atoms with Gasteiger partial charge in [0.2, 0.25) is 5.91 Å². The van der Waals surface area contributed by atoms with E-state index in [9.17, 15) is 4.79 Å². The first-order valence-electron chi connectivity index (χ1n) is 14.1. The molecule has 0 bridgehead atoms. The molecular formula is C35H35NO4. The largest absolute Gasteiger partial charge is 0.489 e. The maximum absolute atomic E-state index is 14.3. The summed E-state index contributed by atoms with van der Waals surface area (Å²) in [6, 6.07) is 32.7. The molecule has 6 rings (SSSR count). The van der Waals surface area contributed by atoms with E-state index in [1.54, 1.807) is 0 Å². The molecule has 4 aromatic rings. The highest BCUT2D eigenvalue weighted by Gasteiger charge is 2.31. The van der Waals surface area contributed by atoms with E-state index in [-0.39, 0.29) is 11.8 Å². The van der Waals surface area contributed by atoms with Crippen LogP contribution < -0.4 is 9.47 Å². The third kappa shape index (κ3) is 5.61. The molecule has 2 heterocycles. The fraction of sp³-hybridized carbons (Fsp3) is 0.286. The van der Waals surface area contributed by atoms with Crippen LogP contribution in [0.15, 0.2) is 97.1 Å². The minimum atomic E-state index is -0.387. The van der Waals surface area contributed by atoms with Crippen LogP contribution in [0, 0.1) is 12.8 Å². The fourth-order valence-corrected chi connectivity index (χ4v) is 5.70. The highest BCUT2D eigenvalue weighted by atomic mass is 16.5. The van der Waals surface area contributed by atoms with Crippen molar-refractivity contribution in [2.75, 3.05) is 33.0 Å². The molecule has 204 valence electrons. The Balaban J connectivity index is 1.36. The smallest absolute Gasteiger partial charge is 0.234 e. The lowest BCUT2D eigenvalue weighted by atomic mass is 9.89. The quantitative estimate of drug-likeness (QED) is 0.268. The Bertz CT molecular complexity index is 1410. The summed E-state index contributed by atoms with van der Waals surface area (Å²) >= 11 is 0. The van der Waals surface area contributed by atoms with Gasteiger partial charge in [0, 0.05) is 24.6 Å². The molecule has 0 N–H and O–H groups in total. The van der Waals surface area contributed by atoms with Crippen LogP contribution in [0.3, 0.4) is 0 Å². The minimum Gasteiger partial charge on any atom is -0.489 e. The number of hydrogen-bond donors (Lipinski definition) is 0. The molecule has 0 radical (unpaired) electrons. The standard InChI is InChI=1S/C35H35NO4/c1-25-10-8-9-15-31(25)29-20-30-22-36(17-19-39-34(30)32(21-29)40-24-26-16-18-38-23-26)35(37)33(27-11-4-2-5-12-27)28-13-6-3-7-14-28/h2-15,20-21,26,33H,16-19,22-24H2,1H3/t26-/m1/s1. The van der Waals surface area contributed by atoms with Gasteiger partial charge in [-0.15, -0.1) is 0 Å². The molecular weight excluding hydrogens is 498 g/mol. The lowest BCUT2D eigenvalue weighted by Gasteiger charge is -2.26. The molecule has 0 aromatic heterocycles. The summed E-state index contributed by atoms with van der Waals surface area (Å²) in [5.41, 5.74) is 6.33. The summed E-state index contributed by atoms with van der Waals surface area (Å²) in [4.78, 5) is 16.2. The van der Waals surface area contributed by atoms with Gasteiger partial charge in [0.1, 0.15) is 6.61 Å². The number of carbonyl (C=O) groups excluding carboxylic acids is 1. The van der Waals surface area contributed by atoms with E-state index in [1.807, 2.05) is 65.6 Å². The summed E-state index contributed by atoms with van der Waals surface area (Å²) in [5, 5.41) is 0. The summed E-state index contributed by atoms with van der Waals surface area (Å²) in [5.74, 6) is 1.53. The predicted molar refractivity (Wildman–Crippen MR) is 157 cm³/mol. The normalized spacial score (nSPS) is 16.8. The molecule has 2 aliphatic rings. The topological polar surface area (TPSA) is 48.0 Å².